The van der Waals surface area contributed by atoms with Crippen LogP contribution in [0, 0.1) is 6.92 Å². The zero-order valence-electron chi connectivity index (χ0n) is 8.16. The average molecular weight is 281 g/mol. The first-order chi connectivity index (χ1) is 7.20. The molecular formula is C12H9BrOS. The lowest BCUT2D eigenvalue weighted by Crippen LogP contribution is -1.79. The molecule has 1 heterocycles. The Hall–Kier alpha value is -0.930. The van der Waals surface area contributed by atoms with Crippen molar-refractivity contribution in [1.82, 2.24) is 0 Å². The molecular weight excluding hydrogens is 272 g/mol. The molecule has 2 aromatic rings. The predicted molar refractivity (Wildman–Crippen MR) is 67.6 cm³/mol. The first-order valence-electron chi connectivity index (χ1n) is 4.52. The van der Waals surface area contributed by atoms with E-state index in [0.717, 1.165) is 20.5 Å². The van der Waals surface area contributed by atoms with Crippen LogP contribution in [0.5, 0.6) is 0 Å². The Bertz CT molecular complexity index is 502. The van der Waals surface area contributed by atoms with E-state index in [0.29, 0.717) is 0 Å². The zero-order valence-corrected chi connectivity index (χ0v) is 10.6. The summed E-state index contributed by atoms with van der Waals surface area (Å²) >= 11 is 4.97. The molecule has 0 atom stereocenters. The van der Waals surface area contributed by atoms with Gasteiger partial charge >= 0.3 is 0 Å². The molecule has 0 spiro atoms. The van der Waals surface area contributed by atoms with Crippen LogP contribution >= 0.6 is 27.3 Å². The van der Waals surface area contributed by atoms with E-state index in [4.69, 9.17) is 0 Å². The van der Waals surface area contributed by atoms with E-state index >= 15 is 0 Å². The van der Waals surface area contributed by atoms with E-state index in [2.05, 4.69) is 35.0 Å². The number of hydrogen-bond donors (Lipinski definition) is 0. The number of hydrogen-bond acceptors (Lipinski definition) is 2. The molecule has 0 bridgehead atoms. The quantitative estimate of drug-likeness (QED) is 0.750. The lowest BCUT2D eigenvalue weighted by Gasteiger charge is -2.03. The Labute approximate surface area is 101 Å². The van der Waals surface area contributed by atoms with Gasteiger partial charge in [0.25, 0.3) is 0 Å². The Morgan fingerprint density at radius 1 is 1.27 bits per heavy atom. The molecule has 1 aromatic carbocycles. The van der Waals surface area contributed by atoms with Gasteiger partial charge < -0.3 is 0 Å². The molecule has 0 saturated carbocycles. The molecule has 15 heavy (non-hydrogen) atoms. The van der Waals surface area contributed by atoms with Crippen LogP contribution in [-0.2, 0) is 0 Å². The molecule has 2 rings (SSSR count). The first kappa shape index (κ1) is 10.6. The van der Waals surface area contributed by atoms with Crippen molar-refractivity contribution in [2.45, 2.75) is 6.92 Å². The summed E-state index contributed by atoms with van der Waals surface area (Å²) in [5.74, 6) is 0. The topological polar surface area (TPSA) is 17.1 Å². The maximum atomic E-state index is 10.6. The predicted octanol–water partition coefficient (Wildman–Crippen LogP) is 4.30. The molecule has 0 N–H and O–H groups in total. The van der Waals surface area contributed by atoms with E-state index < -0.39 is 0 Å². The molecule has 1 nitrogen and oxygen atoms in total. The van der Waals surface area contributed by atoms with Gasteiger partial charge in [0.05, 0.1) is 4.88 Å². The number of aldehydes is 1. The molecule has 0 amide bonds. The lowest BCUT2D eigenvalue weighted by atomic mass is 10.1. The Morgan fingerprint density at radius 2 is 2.07 bits per heavy atom. The molecule has 1 aromatic heterocycles. The Balaban J connectivity index is 2.52. The zero-order chi connectivity index (χ0) is 10.8. The highest BCUT2D eigenvalue weighted by Crippen LogP contribution is 2.31. The largest absolute Gasteiger partial charge is 0.297 e. The van der Waals surface area contributed by atoms with Gasteiger partial charge in [0.15, 0.2) is 6.29 Å². The van der Waals surface area contributed by atoms with Gasteiger partial charge in [-0.3, -0.25) is 4.79 Å². The summed E-state index contributed by atoms with van der Waals surface area (Å²) < 4.78 is 1.06. The molecule has 0 saturated heterocycles. The van der Waals surface area contributed by atoms with Crippen LogP contribution < -0.4 is 0 Å². The number of carbonyl (C=O) groups excluding carboxylic acids is 1. The SMILES string of the molecule is Cc1ccc(Br)cc1-c1ccc(C=O)s1. The van der Waals surface area contributed by atoms with E-state index in [1.807, 2.05) is 18.2 Å². The smallest absolute Gasteiger partial charge is 0.160 e. The monoisotopic (exact) mass is 280 g/mol. The van der Waals surface area contributed by atoms with Gasteiger partial charge in [0, 0.05) is 9.35 Å². The molecule has 0 aliphatic heterocycles. The van der Waals surface area contributed by atoms with Gasteiger partial charge in [-0.05, 0) is 42.3 Å². The molecule has 0 fully saturated rings. The van der Waals surface area contributed by atoms with Gasteiger partial charge in [0.2, 0.25) is 0 Å². The fraction of sp³-hybridized carbons (Fsp3) is 0.0833. The van der Waals surface area contributed by atoms with E-state index in [1.165, 1.54) is 22.5 Å². The molecule has 0 aliphatic carbocycles. The number of aryl methyl sites for hydroxylation is 1. The third-order valence-corrected chi connectivity index (χ3v) is 3.75. The van der Waals surface area contributed by atoms with Crippen LogP contribution in [0.1, 0.15) is 15.2 Å². The second-order valence-electron chi connectivity index (χ2n) is 3.28. The number of benzene rings is 1. The van der Waals surface area contributed by atoms with E-state index in [9.17, 15) is 4.79 Å². The fourth-order valence-corrected chi connectivity index (χ4v) is 2.69. The summed E-state index contributed by atoms with van der Waals surface area (Å²) in [7, 11) is 0. The summed E-state index contributed by atoms with van der Waals surface area (Å²) in [6.45, 7) is 2.07. The van der Waals surface area contributed by atoms with Crippen molar-refractivity contribution in [2.75, 3.05) is 0 Å². The lowest BCUT2D eigenvalue weighted by molar-refractivity contribution is 0.112. The normalized spacial score (nSPS) is 10.3. The summed E-state index contributed by atoms with van der Waals surface area (Å²) in [6.07, 6.45) is 0.890. The van der Waals surface area contributed by atoms with E-state index in [1.54, 1.807) is 0 Å². The van der Waals surface area contributed by atoms with Gasteiger partial charge in [-0.15, -0.1) is 11.3 Å². The van der Waals surface area contributed by atoms with Crippen molar-refractivity contribution >= 4 is 33.6 Å². The van der Waals surface area contributed by atoms with Crippen LogP contribution in [0.4, 0.5) is 0 Å². The van der Waals surface area contributed by atoms with Gasteiger partial charge in [0.1, 0.15) is 0 Å². The fourth-order valence-electron chi connectivity index (χ4n) is 1.42. The van der Waals surface area contributed by atoms with Crippen molar-refractivity contribution in [3.8, 4) is 10.4 Å². The van der Waals surface area contributed by atoms with Crippen LogP contribution in [0.3, 0.4) is 0 Å². The van der Waals surface area contributed by atoms with Crippen LogP contribution in [0.2, 0.25) is 0 Å². The standard InChI is InChI=1S/C12H9BrOS/c1-8-2-3-9(13)6-11(8)12-5-4-10(7-14)15-12/h2-7H,1H3. The average Bonchev–Trinajstić information content (AvgIpc) is 2.70. The van der Waals surface area contributed by atoms with Crippen LogP contribution in [0.15, 0.2) is 34.8 Å². The Kier molecular flexibility index (Phi) is 3.03. The second kappa shape index (κ2) is 4.29. The number of carbonyl (C=O) groups is 1. The third kappa shape index (κ3) is 2.19. The van der Waals surface area contributed by atoms with Crippen molar-refractivity contribution in [2.24, 2.45) is 0 Å². The third-order valence-electron chi connectivity index (χ3n) is 2.21. The minimum absolute atomic E-state index is 0.768. The minimum atomic E-state index is 0.768. The molecule has 76 valence electrons. The molecule has 0 aliphatic rings. The number of rotatable bonds is 2. The minimum Gasteiger partial charge on any atom is -0.297 e. The van der Waals surface area contributed by atoms with Crippen LogP contribution in [-0.4, -0.2) is 6.29 Å². The van der Waals surface area contributed by atoms with Gasteiger partial charge in [-0.2, -0.15) is 0 Å². The van der Waals surface area contributed by atoms with E-state index in [-0.39, 0.29) is 0 Å². The summed E-state index contributed by atoms with van der Waals surface area (Å²) in [6, 6.07) is 10.0. The molecule has 0 unspecified atom stereocenters. The van der Waals surface area contributed by atoms with Crippen molar-refractivity contribution in [3.05, 3.63) is 45.2 Å². The van der Waals surface area contributed by atoms with Gasteiger partial charge in [-0.1, -0.05) is 22.0 Å². The maximum absolute atomic E-state index is 10.6. The second-order valence-corrected chi connectivity index (χ2v) is 5.31. The Morgan fingerprint density at radius 3 is 2.73 bits per heavy atom. The van der Waals surface area contributed by atoms with Crippen molar-refractivity contribution in [1.29, 1.82) is 0 Å². The first-order valence-corrected chi connectivity index (χ1v) is 6.13. The number of thiophene rings is 1. The van der Waals surface area contributed by atoms with Gasteiger partial charge in [-0.25, -0.2) is 0 Å². The highest BCUT2D eigenvalue weighted by atomic mass is 79.9. The maximum Gasteiger partial charge on any atom is 0.160 e. The molecule has 3 heteroatoms. The highest BCUT2D eigenvalue weighted by Gasteiger charge is 2.05. The number of halogens is 1. The summed E-state index contributed by atoms with van der Waals surface area (Å²) in [5.41, 5.74) is 2.40. The molecule has 0 radical (unpaired) electrons. The van der Waals surface area contributed by atoms with Crippen molar-refractivity contribution in [3.63, 3.8) is 0 Å². The highest BCUT2D eigenvalue weighted by molar-refractivity contribution is 9.10. The summed E-state index contributed by atoms with van der Waals surface area (Å²) in [4.78, 5) is 12.5. The van der Waals surface area contributed by atoms with Crippen LogP contribution in [0.25, 0.3) is 10.4 Å². The van der Waals surface area contributed by atoms with Crippen molar-refractivity contribution < 1.29 is 4.79 Å². The summed E-state index contributed by atoms with van der Waals surface area (Å²) in [5, 5.41) is 0.